The summed E-state index contributed by atoms with van der Waals surface area (Å²) in [6.07, 6.45) is 1.45. The quantitative estimate of drug-likeness (QED) is 0.561. The van der Waals surface area contributed by atoms with Crippen molar-refractivity contribution in [3.63, 3.8) is 0 Å². The van der Waals surface area contributed by atoms with Gasteiger partial charge in [-0.25, -0.2) is 9.69 Å². The van der Waals surface area contributed by atoms with Crippen molar-refractivity contribution in [2.24, 2.45) is 0 Å². The first kappa shape index (κ1) is 22.6. The third-order valence-corrected chi connectivity index (χ3v) is 6.34. The van der Waals surface area contributed by atoms with Crippen LogP contribution in [0.4, 0.5) is 0 Å². The topological polar surface area (TPSA) is 144 Å². The molecule has 3 aliphatic rings. The maximum atomic E-state index is 13.4. The maximum Gasteiger partial charge on any atom is 0.350 e. The van der Waals surface area contributed by atoms with Crippen molar-refractivity contribution in [1.82, 2.24) is 20.0 Å². The molecule has 3 heterocycles. The molecule has 1 aromatic rings. The van der Waals surface area contributed by atoms with Crippen LogP contribution in [0.3, 0.4) is 0 Å². The summed E-state index contributed by atoms with van der Waals surface area (Å²) >= 11 is 0. The van der Waals surface area contributed by atoms with Crippen molar-refractivity contribution in [2.45, 2.75) is 44.3 Å². The minimum absolute atomic E-state index is 0.0685. The lowest BCUT2D eigenvalue weighted by Crippen LogP contribution is -2.71. The maximum absolute atomic E-state index is 13.4. The fourth-order valence-corrected chi connectivity index (χ4v) is 4.63. The number of piperidine rings is 1. The number of aliphatic carboxylic acids is 1. The second-order valence-electron chi connectivity index (χ2n) is 8.56. The fraction of sp³-hybridized carbons (Fsp3) is 0.455. The van der Waals surface area contributed by atoms with Gasteiger partial charge in [0.25, 0.3) is 17.7 Å². The molecule has 0 aromatic heterocycles. The second kappa shape index (κ2) is 8.39. The summed E-state index contributed by atoms with van der Waals surface area (Å²) in [5.74, 6) is -5.45. The predicted octanol–water partition coefficient (Wildman–Crippen LogP) is -0.187. The molecular formula is C22H24N4O7. The van der Waals surface area contributed by atoms with Gasteiger partial charge in [0.15, 0.2) is 0 Å². The van der Waals surface area contributed by atoms with Gasteiger partial charge in [-0.3, -0.25) is 33.8 Å². The van der Waals surface area contributed by atoms with Gasteiger partial charge in [0.1, 0.15) is 6.04 Å². The molecule has 2 fully saturated rings. The van der Waals surface area contributed by atoms with Gasteiger partial charge in [0.05, 0.1) is 17.7 Å². The summed E-state index contributed by atoms with van der Waals surface area (Å²) in [6.45, 7) is 2.37. The van der Waals surface area contributed by atoms with Crippen LogP contribution >= 0.6 is 0 Å². The van der Waals surface area contributed by atoms with Gasteiger partial charge >= 0.3 is 5.97 Å². The third-order valence-electron chi connectivity index (χ3n) is 6.34. The number of rotatable bonds is 6. The van der Waals surface area contributed by atoms with E-state index in [4.69, 9.17) is 0 Å². The van der Waals surface area contributed by atoms with E-state index in [9.17, 15) is 33.9 Å². The Labute approximate surface area is 189 Å². The lowest BCUT2D eigenvalue weighted by atomic mass is 9.97. The molecule has 11 nitrogen and oxygen atoms in total. The van der Waals surface area contributed by atoms with Crippen molar-refractivity contribution >= 4 is 35.5 Å². The van der Waals surface area contributed by atoms with E-state index in [0.717, 1.165) is 24.7 Å². The molecule has 3 aliphatic heterocycles. The molecule has 33 heavy (non-hydrogen) atoms. The van der Waals surface area contributed by atoms with Crippen LogP contribution in [-0.4, -0.2) is 86.7 Å². The molecule has 5 amide bonds. The van der Waals surface area contributed by atoms with Gasteiger partial charge in [-0.05, 0) is 51.4 Å². The summed E-state index contributed by atoms with van der Waals surface area (Å²) in [5, 5.41) is 12.2. The average Bonchev–Trinajstić information content (AvgIpc) is 3.35. The zero-order valence-electron chi connectivity index (χ0n) is 18.1. The smallest absolute Gasteiger partial charge is 0.350 e. The lowest BCUT2D eigenvalue weighted by Gasteiger charge is -2.42. The number of amides is 5. The van der Waals surface area contributed by atoms with Crippen molar-refractivity contribution < 1.29 is 33.9 Å². The standard InChI is InChI=1S/C22H24N4O7/c1-22(21(32)33,23-16(27)12-24-10-4-5-11-24)26-17(28)9-8-15(20(26)31)25-18(29)13-6-2-3-7-14(13)19(25)30/h2-3,6-7,15H,4-5,8-12H2,1H3,(H,23,27)(H,32,33). The Morgan fingerprint density at radius 3 is 2.18 bits per heavy atom. The number of imide groups is 2. The number of carboxylic acid groups (broad SMARTS) is 1. The molecule has 0 saturated carbocycles. The Balaban J connectivity index is 1.60. The van der Waals surface area contributed by atoms with E-state index >= 15 is 0 Å². The molecule has 0 radical (unpaired) electrons. The van der Waals surface area contributed by atoms with E-state index in [-0.39, 0.29) is 30.5 Å². The van der Waals surface area contributed by atoms with Crippen LogP contribution in [0.2, 0.25) is 0 Å². The first-order chi connectivity index (χ1) is 15.6. The minimum Gasteiger partial charge on any atom is -0.478 e. The first-order valence-electron chi connectivity index (χ1n) is 10.8. The van der Waals surface area contributed by atoms with Crippen LogP contribution in [0.5, 0.6) is 0 Å². The van der Waals surface area contributed by atoms with Gasteiger partial charge in [-0.1, -0.05) is 12.1 Å². The highest BCUT2D eigenvalue weighted by molar-refractivity contribution is 6.23. The molecule has 11 heteroatoms. The Morgan fingerprint density at radius 1 is 1.06 bits per heavy atom. The van der Waals surface area contributed by atoms with Gasteiger partial charge < -0.3 is 10.4 Å². The highest BCUT2D eigenvalue weighted by Crippen LogP contribution is 2.31. The molecule has 0 bridgehead atoms. The SMILES string of the molecule is CC(NC(=O)CN1CCCC1)(C(=O)O)N1C(=O)CCC(N2C(=O)c3ccccc3C2=O)C1=O. The van der Waals surface area contributed by atoms with E-state index in [1.54, 1.807) is 12.1 Å². The molecule has 4 rings (SSSR count). The molecule has 2 atom stereocenters. The predicted molar refractivity (Wildman–Crippen MR) is 112 cm³/mol. The molecule has 0 aliphatic carbocycles. The summed E-state index contributed by atoms with van der Waals surface area (Å²) in [6, 6.07) is 4.74. The third kappa shape index (κ3) is 3.78. The van der Waals surface area contributed by atoms with E-state index in [1.165, 1.54) is 12.1 Å². The number of hydrogen-bond donors (Lipinski definition) is 2. The number of carbonyl (C=O) groups excluding carboxylic acids is 5. The van der Waals surface area contributed by atoms with E-state index in [0.29, 0.717) is 18.0 Å². The van der Waals surface area contributed by atoms with Crippen LogP contribution in [0.15, 0.2) is 24.3 Å². The van der Waals surface area contributed by atoms with Crippen LogP contribution in [0.1, 0.15) is 53.3 Å². The Hall–Kier alpha value is -3.60. The van der Waals surface area contributed by atoms with E-state index in [2.05, 4.69) is 5.32 Å². The highest BCUT2D eigenvalue weighted by Gasteiger charge is 2.54. The molecule has 174 valence electrons. The molecule has 2 saturated heterocycles. The van der Waals surface area contributed by atoms with Crippen LogP contribution in [0, 0.1) is 0 Å². The Kier molecular flexibility index (Phi) is 5.75. The van der Waals surface area contributed by atoms with Crippen LogP contribution < -0.4 is 5.32 Å². The lowest BCUT2D eigenvalue weighted by molar-refractivity contribution is -0.173. The normalized spacial score (nSPS) is 23.0. The monoisotopic (exact) mass is 456 g/mol. The molecule has 1 aromatic carbocycles. The largest absolute Gasteiger partial charge is 0.478 e. The zero-order valence-corrected chi connectivity index (χ0v) is 18.1. The highest BCUT2D eigenvalue weighted by atomic mass is 16.4. The van der Waals surface area contributed by atoms with Crippen molar-refractivity contribution in [3.05, 3.63) is 35.4 Å². The second-order valence-corrected chi connectivity index (χ2v) is 8.56. The molecule has 0 spiro atoms. The Morgan fingerprint density at radius 2 is 1.64 bits per heavy atom. The van der Waals surface area contributed by atoms with Crippen molar-refractivity contribution in [2.75, 3.05) is 19.6 Å². The Bertz CT molecular complexity index is 1030. The zero-order chi connectivity index (χ0) is 23.9. The number of likely N-dealkylation sites (tertiary alicyclic amines) is 2. The number of nitrogens with one attached hydrogen (secondary N) is 1. The average molecular weight is 456 g/mol. The molecule has 2 unspecified atom stereocenters. The molecule has 2 N–H and O–H groups in total. The van der Waals surface area contributed by atoms with Crippen molar-refractivity contribution in [1.29, 1.82) is 0 Å². The van der Waals surface area contributed by atoms with Gasteiger partial charge in [0.2, 0.25) is 17.5 Å². The minimum atomic E-state index is -2.37. The van der Waals surface area contributed by atoms with Crippen LogP contribution in [0.25, 0.3) is 0 Å². The number of nitrogens with zero attached hydrogens (tertiary/aromatic N) is 3. The number of fused-ring (bicyclic) bond motifs is 1. The van der Waals surface area contributed by atoms with Crippen LogP contribution in [-0.2, 0) is 19.2 Å². The molecular weight excluding hydrogens is 432 g/mol. The number of hydrogen-bond acceptors (Lipinski definition) is 7. The summed E-state index contributed by atoms with van der Waals surface area (Å²) in [7, 11) is 0. The van der Waals surface area contributed by atoms with Gasteiger partial charge in [-0.15, -0.1) is 0 Å². The number of carbonyl (C=O) groups is 6. The van der Waals surface area contributed by atoms with E-state index < -0.39 is 47.2 Å². The van der Waals surface area contributed by atoms with Gasteiger partial charge in [0, 0.05) is 6.42 Å². The fourth-order valence-electron chi connectivity index (χ4n) is 4.63. The summed E-state index contributed by atoms with van der Waals surface area (Å²) in [4.78, 5) is 79.7. The summed E-state index contributed by atoms with van der Waals surface area (Å²) < 4.78 is 0. The summed E-state index contributed by atoms with van der Waals surface area (Å²) in [5.41, 5.74) is -2.10. The number of benzene rings is 1. The van der Waals surface area contributed by atoms with E-state index in [1.807, 2.05) is 4.90 Å². The first-order valence-corrected chi connectivity index (χ1v) is 10.8. The van der Waals surface area contributed by atoms with Crippen molar-refractivity contribution in [3.8, 4) is 0 Å². The number of carboxylic acids is 1. The van der Waals surface area contributed by atoms with Gasteiger partial charge in [-0.2, -0.15) is 0 Å².